The van der Waals surface area contributed by atoms with Crippen LogP contribution in [0.3, 0.4) is 0 Å². The second-order valence-electron chi connectivity index (χ2n) is 5.90. The van der Waals surface area contributed by atoms with E-state index >= 15 is 0 Å². The molecule has 0 aliphatic carbocycles. The number of rotatable bonds is 7. The number of amides is 1. The Morgan fingerprint density at radius 2 is 1.87 bits per heavy atom. The molecule has 0 radical (unpaired) electrons. The fourth-order valence-corrected chi connectivity index (χ4v) is 2.51. The van der Waals surface area contributed by atoms with E-state index in [-0.39, 0.29) is 23.8 Å². The van der Waals surface area contributed by atoms with Gasteiger partial charge in [-0.05, 0) is 29.8 Å². The maximum atomic E-state index is 12.5. The first kappa shape index (κ1) is 21.5. The van der Waals surface area contributed by atoms with E-state index in [0.29, 0.717) is 12.2 Å². The quantitative estimate of drug-likeness (QED) is 0.396. The normalized spacial score (nSPS) is 11.6. The molecule has 11 heteroatoms. The Hall–Kier alpha value is -3.21. The lowest BCUT2D eigenvalue weighted by Crippen LogP contribution is -2.25. The largest absolute Gasteiger partial charge is 0.471 e. The van der Waals surface area contributed by atoms with Gasteiger partial charge in [-0.15, -0.1) is 0 Å². The molecule has 156 valence electrons. The molecule has 0 aliphatic rings. The third kappa shape index (κ3) is 5.89. The smallest absolute Gasteiger partial charge is 0.391 e. The molecule has 1 amide bonds. The number of hydrogen-bond donors (Lipinski definition) is 1. The summed E-state index contributed by atoms with van der Waals surface area (Å²) in [4.78, 5) is 20.5. The molecule has 1 aromatic heterocycles. The SMILES string of the molecule is O=C(NCC=NOCc1ccc(Br)cc1)c1ccc(-c2noc(C(F)(F)F)n2)cc1. The summed E-state index contributed by atoms with van der Waals surface area (Å²) >= 11 is 3.34. The van der Waals surface area contributed by atoms with E-state index < -0.39 is 12.1 Å². The lowest BCUT2D eigenvalue weighted by atomic mass is 10.1. The topological polar surface area (TPSA) is 89.6 Å². The molecule has 0 saturated heterocycles. The summed E-state index contributed by atoms with van der Waals surface area (Å²) in [5.41, 5.74) is 1.54. The van der Waals surface area contributed by atoms with Crippen molar-refractivity contribution in [3.05, 3.63) is 70.0 Å². The predicted octanol–water partition coefficient (Wildman–Crippen LogP) is 4.45. The molecule has 0 unspecified atom stereocenters. The highest BCUT2D eigenvalue weighted by Crippen LogP contribution is 2.29. The van der Waals surface area contributed by atoms with Crippen molar-refractivity contribution in [2.45, 2.75) is 12.8 Å². The third-order valence-corrected chi connectivity index (χ3v) is 4.25. The molecular formula is C19H14BrF3N4O3. The van der Waals surface area contributed by atoms with Crippen LogP contribution in [0.15, 0.2) is 62.7 Å². The summed E-state index contributed by atoms with van der Waals surface area (Å²) in [6.07, 6.45) is -3.31. The van der Waals surface area contributed by atoms with Crippen LogP contribution in [0.2, 0.25) is 0 Å². The van der Waals surface area contributed by atoms with Crippen molar-refractivity contribution in [2.24, 2.45) is 5.16 Å². The van der Waals surface area contributed by atoms with Crippen molar-refractivity contribution in [2.75, 3.05) is 6.54 Å². The van der Waals surface area contributed by atoms with E-state index in [0.717, 1.165) is 10.0 Å². The lowest BCUT2D eigenvalue weighted by Gasteiger charge is -2.03. The molecule has 0 spiro atoms. The minimum absolute atomic E-state index is 0.140. The number of alkyl halides is 3. The fourth-order valence-electron chi connectivity index (χ4n) is 2.25. The van der Waals surface area contributed by atoms with Crippen LogP contribution < -0.4 is 5.32 Å². The van der Waals surface area contributed by atoms with Crippen LogP contribution in [0.5, 0.6) is 0 Å². The summed E-state index contributed by atoms with van der Waals surface area (Å²) in [6.45, 7) is 0.437. The number of benzene rings is 2. The van der Waals surface area contributed by atoms with Crippen LogP contribution in [0, 0.1) is 0 Å². The third-order valence-electron chi connectivity index (χ3n) is 3.72. The number of hydrogen-bond acceptors (Lipinski definition) is 6. The summed E-state index contributed by atoms with van der Waals surface area (Å²) in [5.74, 6) is -2.03. The van der Waals surface area contributed by atoms with Gasteiger partial charge >= 0.3 is 12.1 Å². The predicted molar refractivity (Wildman–Crippen MR) is 104 cm³/mol. The van der Waals surface area contributed by atoms with Gasteiger partial charge in [0.05, 0.1) is 12.8 Å². The first-order valence-electron chi connectivity index (χ1n) is 8.51. The monoisotopic (exact) mass is 482 g/mol. The number of nitrogens with one attached hydrogen (secondary N) is 1. The van der Waals surface area contributed by atoms with Crippen LogP contribution in [0.25, 0.3) is 11.4 Å². The van der Waals surface area contributed by atoms with Gasteiger partial charge < -0.3 is 14.7 Å². The van der Waals surface area contributed by atoms with Crippen molar-refractivity contribution in [3.8, 4) is 11.4 Å². The highest BCUT2D eigenvalue weighted by Gasteiger charge is 2.38. The van der Waals surface area contributed by atoms with Crippen LogP contribution in [-0.2, 0) is 17.6 Å². The van der Waals surface area contributed by atoms with Crippen LogP contribution in [0.1, 0.15) is 21.8 Å². The average molecular weight is 483 g/mol. The van der Waals surface area contributed by atoms with E-state index in [1.165, 1.54) is 30.5 Å². The van der Waals surface area contributed by atoms with E-state index in [1.807, 2.05) is 24.3 Å². The zero-order valence-electron chi connectivity index (χ0n) is 15.2. The summed E-state index contributed by atoms with van der Waals surface area (Å²) < 4.78 is 42.7. The van der Waals surface area contributed by atoms with Gasteiger partial charge in [0, 0.05) is 15.6 Å². The Morgan fingerprint density at radius 3 is 2.50 bits per heavy atom. The summed E-state index contributed by atoms with van der Waals surface area (Å²) in [6, 6.07) is 13.3. The zero-order valence-corrected chi connectivity index (χ0v) is 16.8. The Balaban J connectivity index is 1.46. The van der Waals surface area contributed by atoms with Crippen molar-refractivity contribution in [3.63, 3.8) is 0 Å². The molecule has 7 nitrogen and oxygen atoms in total. The molecule has 0 saturated carbocycles. The van der Waals surface area contributed by atoms with Crippen LogP contribution in [0.4, 0.5) is 13.2 Å². The van der Waals surface area contributed by atoms with E-state index in [2.05, 4.69) is 41.1 Å². The van der Waals surface area contributed by atoms with Gasteiger partial charge in [0.25, 0.3) is 5.91 Å². The standard InChI is InChI=1S/C19H14BrF3N4O3/c20-15-7-1-12(2-8-15)11-29-25-10-9-24-17(28)14-5-3-13(4-6-14)16-26-18(30-27-16)19(21,22)23/h1-8,10H,9,11H2,(H,24,28). The maximum absolute atomic E-state index is 12.5. The molecule has 0 atom stereocenters. The van der Waals surface area contributed by atoms with E-state index in [9.17, 15) is 18.0 Å². The van der Waals surface area contributed by atoms with Crippen molar-refractivity contribution < 1.29 is 27.3 Å². The molecule has 0 bridgehead atoms. The van der Waals surface area contributed by atoms with E-state index in [4.69, 9.17) is 4.84 Å². The molecule has 0 fully saturated rings. The second-order valence-corrected chi connectivity index (χ2v) is 6.81. The number of carbonyl (C=O) groups excluding carboxylic acids is 1. The number of halogens is 4. The van der Waals surface area contributed by atoms with E-state index in [1.54, 1.807) is 0 Å². The van der Waals surface area contributed by atoms with Gasteiger partial charge in [-0.25, -0.2) is 0 Å². The molecule has 1 heterocycles. The zero-order chi connectivity index (χ0) is 21.6. The molecular weight excluding hydrogens is 469 g/mol. The van der Waals surface area contributed by atoms with Gasteiger partial charge in [0.2, 0.25) is 5.82 Å². The number of aromatic nitrogens is 2. The first-order valence-corrected chi connectivity index (χ1v) is 9.30. The van der Waals surface area contributed by atoms with Crippen LogP contribution >= 0.6 is 15.9 Å². The average Bonchev–Trinajstić information content (AvgIpc) is 3.23. The number of nitrogens with zero attached hydrogens (tertiary/aromatic N) is 3. The molecule has 1 N–H and O–H groups in total. The van der Waals surface area contributed by atoms with Gasteiger partial charge in [0.1, 0.15) is 6.61 Å². The van der Waals surface area contributed by atoms with Gasteiger partial charge in [-0.1, -0.05) is 50.5 Å². The molecule has 3 rings (SSSR count). The van der Waals surface area contributed by atoms with Crippen molar-refractivity contribution in [1.29, 1.82) is 0 Å². The minimum atomic E-state index is -4.71. The molecule has 0 aliphatic heterocycles. The van der Waals surface area contributed by atoms with Crippen LogP contribution in [-0.4, -0.2) is 28.8 Å². The Kier molecular flexibility index (Phi) is 6.83. The minimum Gasteiger partial charge on any atom is -0.391 e. The lowest BCUT2D eigenvalue weighted by molar-refractivity contribution is -0.159. The van der Waals surface area contributed by atoms with Gasteiger partial charge in [-0.2, -0.15) is 18.2 Å². The fraction of sp³-hybridized carbons (Fsp3) is 0.158. The highest BCUT2D eigenvalue weighted by atomic mass is 79.9. The van der Waals surface area contributed by atoms with Gasteiger partial charge in [0.15, 0.2) is 0 Å². The highest BCUT2D eigenvalue weighted by molar-refractivity contribution is 9.10. The van der Waals surface area contributed by atoms with Crippen molar-refractivity contribution >= 4 is 28.1 Å². The molecule has 2 aromatic carbocycles. The first-order chi connectivity index (χ1) is 14.3. The summed E-state index contributed by atoms with van der Waals surface area (Å²) in [5, 5.41) is 9.67. The Labute approximate surface area is 177 Å². The Bertz CT molecular complexity index is 1020. The van der Waals surface area contributed by atoms with Gasteiger partial charge in [-0.3, -0.25) is 4.79 Å². The van der Waals surface area contributed by atoms with Crippen molar-refractivity contribution in [1.82, 2.24) is 15.5 Å². The maximum Gasteiger partial charge on any atom is 0.471 e. The number of carbonyl (C=O) groups is 1. The number of oxime groups is 1. The summed E-state index contributed by atoms with van der Waals surface area (Å²) in [7, 11) is 0. The molecule has 3 aromatic rings. The Morgan fingerprint density at radius 1 is 1.17 bits per heavy atom. The second kappa shape index (κ2) is 9.53. The molecule has 30 heavy (non-hydrogen) atoms.